The van der Waals surface area contributed by atoms with Crippen LogP contribution in [0.25, 0.3) is 0 Å². The first-order valence-electron chi connectivity index (χ1n) is 12.0. The van der Waals surface area contributed by atoms with Crippen LogP contribution in [0.15, 0.2) is 12.2 Å². The lowest BCUT2D eigenvalue weighted by atomic mass is 9.38. The van der Waals surface area contributed by atoms with Gasteiger partial charge in [-0.15, -0.1) is 0 Å². The fourth-order valence-electron chi connectivity index (χ4n) is 8.35. The van der Waals surface area contributed by atoms with Crippen LogP contribution in [-0.2, 0) is 38.2 Å². The second-order valence-corrected chi connectivity index (χ2v) is 11.6. The molecule has 2 bridgehead atoms. The Hall–Kier alpha value is -2.55. The molecule has 9 nitrogen and oxygen atoms in total. The lowest BCUT2D eigenvalue weighted by molar-refractivity contribution is -0.277. The van der Waals surface area contributed by atoms with Crippen molar-refractivity contribution in [3.8, 4) is 0 Å². The van der Waals surface area contributed by atoms with Crippen LogP contribution in [0.3, 0.4) is 0 Å². The number of esters is 3. The highest BCUT2D eigenvalue weighted by Crippen LogP contribution is 2.71. The first-order valence-corrected chi connectivity index (χ1v) is 12.0. The maximum absolute atomic E-state index is 13.9. The molecule has 4 saturated carbocycles. The van der Waals surface area contributed by atoms with Gasteiger partial charge in [0.2, 0.25) is 0 Å². The number of ether oxygens (including phenoxy) is 3. The first-order chi connectivity index (χ1) is 16.1. The molecule has 35 heavy (non-hydrogen) atoms. The van der Waals surface area contributed by atoms with E-state index >= 15 is 0 Å². The number of aliphatic hydroxyl groups is 1. The van der Waals surface area contributed by atoms with Crippen molar-refractivity contribution in [2.24, 2.45) is 34.0 Å². The van der Waals surface area contributed by atoms with Crippen LogP contribution < -0.4 is 0 Å². The SMILES string of the molecule is C=C1C(=O)[C@@]23CC(=O)[C@@H]4C(C)(C)[C@@H](OC(C)=O)[C@@H](OC(C)=O)[C@H](O)[C@@]4(C)[C@@H]2[C@@H](OC(C)=O)C[C@@H]1C3. The third-order valence-corrected chi connectivity index (χ3v) is 9.07. The third kappa shape index (κ3) is 3.41. The van der Waals surface area contributed by atoms with Crippen LogP contribution in [0.2, 0.25) is 0 Å². The summed E-state index contributed by atoms with van der Waals surface area (Å²) in [6.45, 7) is 12.8. The molecule has 1 N–H and O–H groups in total. The van der Waals surface area contributed by atoms with E-state index in [0.717, 1.165) is 0 Å². The van der Waals surface area contributed by atoms with Gasteiger partial charge in [-0.1, -0.05) is 27.4 Å². The van der Waals surface area contributed by atoms with Gasteiger partial charge in [0, 0.05) is 55.3 Å². The molecule has 4 rings (SSSR count). The first kappa shape index (κ1) is 25.5. The van der Waals surface area contributed by atoms with Crippen LogP contribution in [0.4, 0.5) is 0 Å². The fraction of sp³-hybridized carbons (Fsp3) is 0.731. The number of hydrogen-bond acceptors (Lipinski definition) is 9. The van der Waals surface area contributed by atoms with E-state index in [1.165, 1.54) is 20.8 Å². The maximum Gasteiger partial charge on any atom is 0.303 e. The standard InChI is InChI=1S/C26H34O9/c1-11-15-8-17(33-12(2)27)20-25(7)19(16(30)10-26(20,9-15)21(11)31)24(5,6)23(35-14(4)29)18(22(25)32)34-13(3)28/h15,17-20,22-23,32H,1,8-10H2,2-7H3/t15-,17+,18+,19-,20+,22+,23+,25-,26+/m1/s1. The fourth-order valence-corrected chi connectivity index (χ4v) is 8.35. The minimum atomic E-state index is -1.48. The molecule has 4 fully saturated rings. The molecule has 192 valence electrons. The Bertz CT molecular complexity index is 1030. The van der Waals surface area contributed by atoms with Crippen LogP contribution in [-0.4, -0.2) is 59.0 Å². The number of carbonyl (C=O) groups excluding carboxylic acids is 5. The van der Waals surface area contributed by atoms with E-state index < -0.39 is 70.4 Å². The van der Waals surface area contributed by atoms with Crippen molar-refractivity contribution in [1.29, 1.82) is 0 Å². The number of ketones is 2. The highest BCUT2D eigenvalue weighted by atomic mass is 16.6. The van der Waals surface area contributed by atoms with E-state index in [-0.39, 0.29) is 23.9 Å². The van der Waals surface area contributed by atoms with Crippen molar-refractivity contribution < 1.29 is 43.3 Å². The molecular formula is C26H34O9. The lowest BCUT2D eigenvalue weighted by Gasteiger charge is -2.66. The van der Waals surface area contributed by atoms with E-state index in [4.69, 9.17) is 14.2 Å². The average molecular weight is 491 g/mol. The molecule has 4 aliphatic rings. The molecule has 0 saturated heterocycles. The van der Waals surface area contributed by atoms with Crippen molar-refractivity contribution in [2.75, 3.05) is 0 Å². The molecule has 4 aliphatic carbocycles. The van der Waals surface area contributed by atoms with E-state index in [2.05, 4.69) is 6.58 Å². The molecule has 9 heteroatoms. The summed E-state index contributed by atoms with van der Waals surface area (Å²) < 4.78 is 16.9. The summed E-state index contributed by atoms with van der Waals surface area (Å²) in [5.74, 6) is -4.14. The molecule has 0 radical (unpaired) electrons. The molecule has 1 spiro atoms. The molecule has 0 aromatic carbocycles. The molecule has 0 aliphatic heterocycles. The predicted octanol–water partition coefficient (Wildman–Crippen LogP) is 1.93. The summed E-state index contributed by atoms with van der Waals surface area (Å²) in [6.07, 6.45) is -3.95. The van der Waals surface area contributed by atoms with Crippen molar-refractivity contribution in [3.63, 3.8) is 0 Å². The van der Waals surface area contributed by atoms with Gasteiger partial charge in [-0.3, -0.25) is 24.0 Å². The Morgan fingerprint density at radius 2 is 1.54 bits per heavy atom. The normalized spacial score (nSPS) is 43.6. The van der Waals surface area contributed by atoms with Gasteiger partial charge in [0.15, 0.2) is 11.9 Å². The highest BCUT2D eigenvalue weighted by molar-refractivity contribution is 6.06. The summed E-state index contributed by atoms with van der Waals surface area (Å²) in [7, 11) is 0. The molecule has 0 unspecified atom stereocenters. The second kappa shape index (κ2) is 7.98. The Labute approximate surface area is 204 Å². The summed E-state index contributed by atoms with van der Waals surface area (Å²) in [4.78, 5) is 63.8. The van der Waals surface area contributed by atoms with Gasteiger partial charge in [0.1, 0.15) is 24.1 Å². The zero-order valence-electron chi connectivity index (χ0n) is 21.1. The Balaban J connectivity index is 1.95. The third-order valence-electron chi connectivity index (χ3n) is 9.07. The van der Waals surface area contributed by atoms with Gasteiger partial charge in [0.25, 0.3) is 0 Å². The van der Waals surface area contributed by atoms with Crippen molar-refractivity contribution in [1.82, 2.24) is 0 Å². The summed E-state index contributed by atoms with van der Waals surface area (Å²) >= 11 is 0. The molecule has 0 heterocycles. The number of allylic oxidation sites excluding steroid dienone is 1. The number of fused-ring (bicyclic) bond motifs is 3. The van der Waals surface area contributed by atoms with Gasteiger partial charge in [-0.25, -0.2) is 0 Å². The van der Waals surface area contributed by atoms with Gasteiger partial charge in [0.05, 0.1) is 0 Å². The number of hydrogen-bond donors (Lipinski definition) is 1. The quantitative estimate of drug-likeness (QED) is 0.358. The zero-order chi connectivity index (χ0) is 26.2. The molecule has 0 aromatic rings. The van der Waals surface area contributed by atoms with Gasteiger partial charge < -0.3 is 19.3 Å². The summed E-state index contributed by atoms with van der Waals surface area (Å²) in [6, 6.07) is 0. The van der Waals surface area contributed by atoms with E-state index in [0.29, 0.717) is 18.4 Å². The average Bonchev–Trinajstić information content (AvgIpc) is 2.88. The minimum Gasteiger partial charge on any atom is -0.462 e. The number of carbonyl (C=O) groups is 5. The maximum atomic E-state index is 13.9. The van der Waals surface area contributed by atoms with Crippen LogP contribution in [0, 0.1) is 34.0 Å². The Kier molecular flexibility index (Phi) is 5.82. The predicted molar refractivity (Wildman–Crippen MR) is 120 cm³/mol. The topological polar surface area (TPSA) is 133 Å². The second-order valence-electron chi connectivity index (χ2n) is 11.6. The van der Waals surface area contributed by atoms with Crippen LogP contribution in [0.5, 0.6) is 0 Å². The highest BCUT2D eigenvalue weighted by Gasteiger charge is 2.77. The number of aliphatic hydroxyl groups excluding tert-OH is 1. The van der Waals surface area contributed by atoms with Crippen LogP contribution >= 0.6 is 0 Å². The molecule has 9 atom stereocenters. The van der Waals surface area contributed by atoms with Crippen molar-refractivity contribution >= 4 is 29.5 Å². The van der Waals surface area contributed by atoms with E-state index in [1.54, 1.807) is 20.8 Å². The minimum absolute atomic E-state index is 0.0782. The van der Waals surface area contributed by atoms with Crippen molar-refractivity contribution in [3.05, 3.63) is 12.2 Å². The number of rotatable bonds is 3. The van der Waals surface area contributed by atoms with Gasteiger partial charge in [-0.05, 0) is 24.3 Å². The lowest BCUT2D eigenvalue weighted by Crippen LogP contribution is -2.75. The monoisotopic (exact) mass is 490 g/mol. The smallest absolute Gasteiger partial charge is 0.303 e. The Morgan fingerprint density at radius 3 is 2.09 bits per heavy atom. The summed E-state index contributed by atoms with van der Waals surface area (Å²) in [5.41, 5.74) is -3.16. The Morgan fingerprint density at radius 1 is 0.971 bits per heavy atom. The van der Waals surface area contributed by atoms with Crippen molar-refractivity contribution in [2.45, 2.75) is 85.2 Å². The molecular weight excluding hydrogens is 456 g/mol. The van der Waals surface area contributed by atoms with Gasteiger partial charge in [-0.2, -0.15) is 0 Å². The molecule has 0 aromatic heterocycles. The molecule has 0 amide bonds. The van der Waals surface area contributed by atoms with Crippen LogP contribution in [0.1, 0.15) is 60.8 Å². The summed E-state index contributed by atoms with van der Waals surface area (Å²) in [5, 5.41) is 11.9. The van der Waals surface area contributed by atoms with E-state index in [1.807, 2.05) is 0 Å². The number of Topliss-reactive ketones (excluding diaryl/α,β-unsaturated/α-hetero) is 2. The van der Waals surface area contributed by atoms with Gasteiger partial charge >= 0.3 is 17.9 Å². The van der Waals surface area contributed by atoms with E-state index in [9.17, 15) is 29.1 Å². The largest absolute Gasteiger partial charge is 0.462 e. The zero-order valence-corrected chi connectivity index (χ0v) is 21.1.